The lowest BCUT2D eigenvalue weighted by molar-refractivity contribution is 0.0530. The summed E-state index contributed by atoms with van der Waals surface area (Å²) in [7, 11) is 0. The molecule has 1 amide bonds. The molecule has 5 nitrogen and oxygen atoms in total. The van der Waals surface area contributed by atoms with Crippen LogP contribution < -0.4 is 5.32 Å². The molecule has 22 heavy (non-hydrogen) atoms. The minimum absolute atomic E-state index is 0.00195. The second kappa shape index (κ2) is 7.48. The molecule has 1 aromatic heterocycles. The first-order valence-corrected chi connectivity index (χ1v) is 7.51. The van der Waals surface area contributed by atoms with Crippen molar-refractivity contribution in [3.05, 3.63) is 29.8 Å². The molecule has 0 aliphatic heterocycles. The lowest BCUT2D eigenvalue weighted by Crippen LogP contribution is -2.15. The van der Waals surface area contributed by atoms with Crippen LogP contribution in [0, 0.1) is 11.8 Å². The summed E-state index contributed by atoms with van der Waals surface area (Å²) in [6.07, 6.45) is -0.653. The van der Waals surface area contributed by atoms with Crippen molar-refractivity contribution in [2.24, 2.45) is 0 Å². The van der Waals surface area contributed by atoms with Gasteiger partial charge in [0.05, 0.1) is 6.61 Å². The lowest BCUT2D eigenvalue weighted by atomic mass is 10.1. The van der Waals surface area contributed by atoms with Crippen LogP contribution in [0.2, 0.25) is 0 Å². The van der Waals surface area contributed by atoms with E-state index in [1.807, 2.05) is 24.3 Å². The van der Waals surface area contributed by atoms with Crippen LogP contribution in [0.5, 0.6) is 0 Å². The van der Waals surface area contributed by atoms with Crippen LogP contribution in [-0.4, -0.2) is 25.3 Å². The van der Waals surface area contributed by atoms with Gasteiger partial charge < -0.3 is 9.47 Å². The fraction of sp³-hybridized carbons (Fsp3) is 0.250. The molecule has 0 radical (unpaired) electrons. The summed E-state index contributed by atoms with van der Waals surface area (Å²) in [4.78, 5) is 23.9. The first-order valence-electron chi connectivity index (χ1n) is 6.69. The number of carbonyl (C=O) groups is 2. The van der Waals surface area contributed by atoms with Gasteiger partial charge in [0.25, 0.3) is 0 Å². The van der Waals surface area contributed by atoms with E-state index in [0.29, 0.717) is 10.6 Å². The SMILES string of the molecule is CC#CCOC(=O)Nc1sc2ccccc2c1C(=O)OCC. The van der Waals surface area contributed by atoms with Crippen LogP contribution >= 0.6 is 11.3 Å². The maximum Gasteiger partial charge on any atom is 0.413 e. The van der Waals surface area contributed by atoms with E-state index in [2.05, 4.69) is 17.2 Å². The fourth-order valence-corrected chi connectivity index (χ4v) is 2.92. The minimum atomic E-state index is -0.653. The highest BCUT2D eigenvalue weighted by molar-refractivity contribution is 7.23. The largest absolute Gasteiger partial charge is 0.462 e. The number of thiophene rings is 1. The number of ether oxygens (including phenoxy) is 2. The van der Waals surface area contributed by atoms with Gasteiger partial charge in [-0.15, -0.1) is 17.3 Å². The summed E-state index contributed by atoms with van der Waals surface area (Å²) in [6, 6.07) is 7.39. The number of carbonyl (C=O) groups excluding carboxylic acids is 2. The normalized spacial score (nSPS) is 9.73. The number of esters is 1. The van der Waals surface area contributed by atoms with Crippen LogP contribution in [0.1, 0.15) is 24.2 Å². The second-order valence-corrected chi connectivity index (χ2v) is 5.20. The Morgan fingerprint density at radius 3 is 2.77 bits per heavy atom. The predicted octanol–water partition coefficient (Wildman–Crippen LogP) is 3.65. The quantitative estimate of drug-likeness (QED) is 0.690. The second-order valence-electron chi connectivity index (χ2n) is 4.15. The molecule has 6 heteroatoms. The monoisotopic (exact) mass is 317 g/mol. The third-order valence-corrected chi connectivity index (χ3v) is 3.83. The van der Waals surface area contributed by atoms with Crippen molar-refractivity contribution in [2.75, 3.05) is 18.5 Å². The Morgan fingerprint density at radius 1 is 1.27 bits per heavy atom. The van der Waals surface area contributed by atoms with E-state index in [1.54, 1.807) is 13.8 Å². The van der Waals surface area contributed by atoms with Crippen molar-refractivity contribution < 1.29 is 19.1 Å². The number of amides is 1. The molecule has 0 fully saturated rings. The van der Waals surface area contributed by atoms with Crippen molar-refractivity contribution in [1.29, 1.82) is 0 Å². The third-order valence-electron chi connectivity index (χ3n) is 2.74. The first-order chi connectivity index (χ1) is 10.7. The highest BCUT2D eigenvalue weighted by Gasteiger charge is 2.21. The molecule has 0 saturated carbocycles. The van der Waals surface area contributed by atoms with Gasteiger partial charge in [-0.05, 0) is 19.9 Å². The van der Waals surface area contributed by atoms with E-state index < -0.39 is 12.1 Å². The molecule has 1 N–H and O–H groups in total. The molecule has 0 unspecified atom stereocenters. The zero-order chi connectivity index (χ0) is 15.9. The number of benzene rings is 1. The Balaban J connectivity index is 2.31. The Morgan fingerprint density at radius 2 is 2.05 bits per heavy atom. The zero-order valence-corrected chi connectivity index (χ0v) is 13.1. The van der Waals surface area contributed by atoms with Crippen LogP contribution in [0.15, 0.2) is 24.3 Å². The molecule has 114 valence electrons. The van der Waals surface area contributed by atoms with Crippen LogP contribution in [0.3, 0.4) is 0 Å². The molecule has 1 aromatic carbocycles. The Bertz CT molecular complexity index is 754. The van der Waals surface area contributed by atoms with Crippen molar-refractivity contribution in [3.63, 3.8) is 0 Å². The van der Waals surface area contributed by atoms with E-state index in [1.165, 1.54) is 11.3 Å². The zero-order valence-electron chi connectivity index (χ0n) is 12.3. The van der Waals surface area contributed by atoms with Gasteiger partial charge >= 0.3 is 12.1 Å². The standard InChI is InChI=1S/C16H15NO4S/c1-3-5-10-21-16(19)17-14-13(15(18)20-4-2)11-8-6-7-9-12(11)22-14/h6-9H,4,10H2,1-2H3,(H,17,19). The molecular formula is C16H15NO4S. The maximum absolute atomic E-state index is 12.2. The number of fused-ring (bicyclic) bond motifs is 1. The summed E-state index contributed by atoms with van der Waals surface area (Å²) in [5.74, 6) is 4.79. The molecule has 0 spiro atoms. The fourth-order valence-electron chi connectivity index (χ4n) is 1.84. The Labute approximate surface area is 132 Å². The van der Waals surface area contributed by atoms with Gasteiger partial charge in [-0.2, -0.15) is 0 Å². The molecule has 2 rings (SSSR count). The predicted molar refractivity (Wildman–Crippen MR) is 86.2 cm³/mol. The maximum atomic E-state index is 12.2. The van der Waals surface area contributed by atoms with Crippen molar-refractivity contribution in [2.45, 2.75) is 13.8 Å². The average Bonchev–Trinajstić information content (AvgIpc) is 2.85. The van der Waals surface area contributed by atoms with Gasteiger partial charge in [0.1, 0.15) is 10.6 Å². The van der Waals surface area contributed by atoms with E-state index in [0.717, 1.165) is 10.1 Å². The summed E-state index contributed by atoms with van der Waals surface area (Å²) in [5.41, 5.74) is 0.348. The average molecular weight is 317 g/mol. The molecule has 0 aliphatic rings. The first kappa shape index (κ1) is 15.9. The van der Waals surface area contributed by atoms with Crippen molar-refractivity contribution in [1.82, 2.24) is 0 Å². The number of nitrogens with one attached hydrogen (secondary N) is 1. The number of anilines is 1. The van der Waals surface area contributed by atoms with Crippen LogP contribution in [0.25, 0.3) is 10.1 Å². The van der Waals surface area contributed by atoms with Gasteiger partial charge in [-0.25, -0.2) is 9.59 Å². The van der Waals surface area contributed by atoms with Crippen LogP contribution in [-0.2, 0) is 9.47 Å². The highest BCUT2D eigenvalue weighted by Crippen LogP contribution is 2.36. The van der Waals surface area contributed by atoms with Crippen molar-refractivity contribution in [3.8, 4) is 11.8 Å². The van der Waals surface area contributed by atoms with Gasteiger partial charge in [0.2, 0.25) is 0 Å². The molecular weight excluding hydrogens is 302 g/mol. The highest BCUT2D eigenvalue weighted by atomic mass is 32.1. The Kier molecular flexibility index (Phi) is 5.39. The van der Waals surface area contributed by atoms with Gasteiger partial charge in [-0.3, -0.25) is 5.32 Å². The summed E-state index contributed by atoms with van der Waals surface area (Å²) in [6.45, 7) is 3.66. The number of hydrogen-bond acceptors (Lipinski definition) is 5. The van der Waals surface area contributed by atoms with E-state index >= 15 is 0 Å². The lowest BCUT2D eigenvalue weighted by Gasteiger charge is -2.06. The Hall–Kier alpha value is -2.52. The molecule has 0 bridgehead atoms. The molecule has 0 saturated heterocycles. The van der Waals surface area contributed by atoms with Crippen molar-refractivity contribution >= 4 is 38.5 Å². The van der Waals surface area contributed by atoms with E-state index in [-0.39, 0.29) is 13.2 Å². The van der Waals surface area contributed by atoms with Gasteiger partial charge in [0, 0.05) is 10.1 Å². The van der Waals surface area contributed by atoms with Crippen LogP contribution in [0.4, 0.5) is 9.80 Å². The number of hydrogen-bond donors (Lipinski definition) is 1. The number of rotatable bonds is 4. The molecule has 2 aromatic rings. The molecule has 0 atom stereocenters. The minimum Gasteiger partial charge on any atom is -0.462 e. The van der Waals surface area contributed by atoms with Gasteiger partial charge in [-0.1, -0.05) is 24.1 Å². The summed E-state index contributed by atoms with van der Waals surface area (Å²) >= 11 is 1.30. The van der Waals surface area contributed by atoms with E-state index in [4.69, 9.17) is 9.47 Å². The van der Waals surface area contributed by atoms with E-state index in [9.17, 15) is 9.59 Å². The third kappa shape index (κ3) is 3.57. The summed E-state index contributed by atoms with van der Waals surface area (Å²) in [5, 5.41) is 3.74. The smallest absolute Gasteiger partial charge is 0.413 e. The summed E-state index contributed by atoms with van der Waals surface area (Å²) < 4.78 is 10.9. The molecule has 0 aliphatic carbocycles. The van der Waals surface area contributed by atoms with Gasteiger partial charge in [0.15, 0.2) is 6.61 Å². The topological polar surface area (TPSA) is 64.6 Å². The molecule has 1 heterocycles.